The van der Waals surface area contributed by atoms with Crippen LogP contribution >= 0.6 is 0 Å². The van der Waals surface area contributed by atoms with E-state index < -0.39 is 6.10 Å². The topological polar surface area (TPSA) is 68.4 Å². The smallest absolute Gasteiger partial charge is 0.264 e. The van der Waals surface area contributed by atoms with Gasteiger partial charge in [-0.05, 0) is 32.4 Å². The van der Waals surface area contributed by atoms with E-state index >= 15 is 0 Å². The van der Waals surface area contributed by atoms with Crippen molar-refractivity contribution in [2.75, 3.05) is 0 Å². The molecule has 0 aliphatic rings. The first-order valence-corrected chi connectivity index (χ1v) is 6.83. The van der Waals surface area contributed by atoms with Crippen molar-refractivity contribution in [2.45, 2.75) is 46.3 Å². The van der Waals surface area contributed by atoms with E-state index in [1.54, 1.807) is 6.92 Å². The van der Waals surface area contributed by atoms with Crippen molar-refractivity contribution in [3.8, 4) is 5.75 Å². The Morgan fingerprint density at radius 3 is 2.90 bits per heavy atom. The van der Waals surface area contributed by atoms with Gasteiger partial charge < -0.3 is 14.4 Å². The molecule has 0 bridgehead atoms. The highest BCUT2D eigenvalue weighted by atomic mass is 16.5. The van der Waals surface area contributed by atoms with Gasteiger partial charge in [-0.3, -0.25) is 0 Å². The average Bonchev–Trinajstić information content (AvgIpc) is 2.85. The number of aliphatic hydroxyl groups excluding tert-OH is 1. The van der Waals surface area contributed by atoms with E-state index in [-0.39, 0.29) is 6.61 Å². The monoisotopic (exact) mass is 276 g/mol. The predicted octanol–water partition coefficient (Wildman–Crippen LogP) is 2.96. The van der Waals surface area contributed by atoms with Gasteiger partial charge in [0.15, 0.2) is 12.4 Å². The number of hydrogen-bond acceptors (Lipinski definition) is 5. The highest BCUT2D eigenvalue weighted by Gasteiger charge is 2.12. The molecule has 0 saturated carbocycles. The van der Waals surface area contributed by atoms with Crippen molar-refractivity contribution in [3.63, 3.8) is 0 Å². The van der Waals surface area contributed by atoms with E-state index in [4.69, 9.17) is 9.26 Å². The van der Waals surface area contributed by atoms with Crippen LogP contribution in [0, 0.1) is 6.92 Å². The van der Waals surface area contributed by atoms with Crippen LogP contribution in [0.4, 0.5) is 0 Å². The van der Waals surface area contributed by atoms with E-state index in [1.807, 2.05) is 25.1 Å². The number of aryl methyl sites for hydroxylation is 2. The molecule has 2 rings (SSSR count). The lowest BCUT2D eigenvalue weighted by molar-refractivity contribution is 0.185. The molecule has 0 aliphatic carbocycles. The lowest BCUT2D eigenvalue weighted by Gasteiger charge is -2.13. The SMILES string of the molecule is CCCc1noc(COc2ccc(C)cc2C(C)O)n1. The molecule has 0 fully saturated rings. The second-order valence-corrected chi connectivity index (χ2v) is 4.86. The summed E-state index contributed by atoms with van der Waals surface area (Å²) < 4.78 is 10.8. The molecule has 0 spiro atoms. The minimum atomic E-state index is -0.580. The Hall–Kier alpha value is -1.88. The zero-order valence-corrected chi connectivity index (χ0v) is 12.1. The van der Waals surface area contributed by atoms with Gasteiger partial charge in [-0.2, -0.15) is 4.98 Å². The van der Waals surface area contributed by atoms with Crippen molar-refractivity contribution in [3.05, 3.63) is 41.0 Å². The molecule has 20 heavy (non-hydrogen) atoms. The van der Waals surface area contributed by atoms with Gasteiger partial charge in [-0.1, -0.05) is 23.7 Å². The fourth-order valence-electron chi connectivity index (χ4n) is 1.94. The minimum absolute atomic E-state index is 0.208. The molecule has 108 valence electrons. The van der Waals surface area contributed by atoms with Crippen LogP contribution in [-0.4, -0.2) is 15.2 Å². The van der Waals surface area contributed by atoms with E-state index in [1.165, 1.54) is 0 Å². The van der Waals surface area contributed by atoms with E-state index in [0.29, 0.717) is 17.5 Å². The van der Waals surface area contributed by atoms with Crippen molar-refractivity contribution in [2.24, 2.45) is 0 Å². The molecule has 0 aliphatic heterocycles. The van der Waals surface area contributed by atoms with Crippen LogP contribution in [0.25, 0.3) is 0 Å². The van der Waals surface area contributed by atoms with Gasteiger partial charge in [0, 0.05) is 12.0 Å². The van der Waals surface area contributed by atoms with Crippen LogP contribution in [0.3, 0.4) is 0 Å². The van der Waals surface area contributed by atoms with Crippen LogP contribution in [0.1, 0.15) is 49.2 Å². The summed E-state index contributed by atoms with van der Waals surface area (Å²) in [4.78, 5) is 4.24. The third-order valence-electron chi connectivity index (χ3n) is 2.95. The summed E-state index contributed by atoms with van der Waals surface area (Å²) in [6, 6.07) is 5.70. The van der Waals surface area contributed by atoms with Gasteiger partial charge in [-0.25, -0.2) is 0 Å². The Balaban J connectivity index is 2.06. The summed E-state index contributed by atoms with van der Waals surface area (Å²) in [7, 11) is 0. The lowest BCUT2D eigenvalue weighted by Crippen LogP contribution is -2.02. The number of hydrogen-bond donors (Lipinski definition) is 1. The Bertz CT molecular complexity index is 564. The van der Waals surface area contributed by atoms with Gasteiger partial charge >= 0.3 is 0 Å². The van der Waals surface area contributed by atoms with Crippen LogP contribution in [0.5, 0.6) is 5.75 Å². The van der Waals surface area contributed by atoms with Gasteiger partial charge in [0.2, 0.25) is 0 Å². The second-order valence-electron chi connectivity index (χ2n) is 4.86. The van der Waals surface area contributed by atoms with Crippen molar-refractivity contribution in [1.82, 2.24) is 10.1 Å². The van der Waals surface area contributed by atoms with Crippen LogP contribution in [0.2, 0.25) is 0 Å². The number of nitrogens with zero attached hydrogens (tertiary/aromatic N) is 2. The number of aromatic nitrogens is 2. The first kappa shape index (κ1) is 14.5. The molecular formula is C15H20N2O3. The molecule has 1 unspecified atom stereocenters. The molecule has 5 heteroatoms. The number of rotatable bonds is 6. The zero-order chi connectivity index (χ0) is 14.5. The lowest BCUT2D eigenvalue weighted by atomic mass is 10.1. The Labute approximate surface area is 118 Å². The summed E-state index contributed by atoms with van der Waals surface area (Å²) in [6.45, 7) is 5.96. The van der Waals surface area contributed by atoms with Gasteiger partial charge in [0.25, 0.3) is 5.89 Å². The minimum Gasteiger partial charge on any atom is -0.483 e. The molecule has 0 saturated heterocycles. The molecule has 1 atom stereocenters. The van der Waals surface area contributed by atoms with Crippen molar-refractivity contribution < 1.29 is 14.4 Å². The van der Waals surface area contributed by atoms with Gasteiger partial charge in [0.1, 0.15) is 5.75 Å². The maximum atomic E-state index is 9.77. The summed E-state index contributed by atoms with van der Waals surface area (Å²) in [5.41, 5.74) is 1.84. The average molecular weight is 276 g/mol. The first-order valence-electron chi connectivity index (χ1n) is 6.83. The number of ether oxygens (including phenoxy) is 1. The molecule has 0 radical (unpaired) electrons. The first-order chi connectivity index (χ1) is 9.60. The Kier molecular flexibility index (Phi) is 4.74. The zero-order valence-electron chi connectivity index (χ0n) is 12.1. The van der Waals surface area contributed by atoms with E-state index in [2.05, 4.69) is 17.1 Å². The fourth-order valence-corrected chi connectivity index (χ4v) is 1.94. The number of aliphatic hydroxyl groups is 1. The van der Waals surface area contributed by atoms with Crippen molar-refractivity contribution >= 4 is 0 Å². The molecule has 1 aromatic heterocycles. The fraction of sp³-hybridized carbons (Fsp3) is 0.467. The van der Waals surface area contributed by atoms with Crippen LogP contribution in [0.15, 0.2) is 22.7 Å². The van der Waals surface area contributed by atoms with Crippen LogP contribution in [-0.2, 0) is 13.0 Å². The van der Waals surface area contributed by atoms with E-state index in [0.717, 1.165) is 24.0 Å². The molecule has 1 N–H and O–H groups in total. The summed E-state index contributed by atoms with van der Waals surface area (Å²) in [5, 5.41) is 13.6. The summed E-state index contributed by atoms with van der Waals surface area (Å²) in [5.74, 6) is 1.79. The predicted molar refractivity (Wildman–Crippen MR) is 74.4 cm³/mol. The Morgan fingerprint density at radius 2 is 2.20 bits per heavy atom. The maximum Gasteiger partial charge on any atom is 0.264 e. The normalized spacial score (nSPS) is 12.4. The second kappa shape index (κ2) is 6.52. The quantitative estimate of drug-likeness (QED) is 0.878. The molecule has 1 aromatic carbocycles. The molecule has 2 aromatic rings. The van der Waals surface area contributed by atoms with Gasteiger partial charge in [0.05, 0.1) is 6.10 Å². The molecular weight excluding hydrogens is 256 g/mol. The van der Waals surface area contributed by atoms with Crippen LogP contribution < -0.4 is 4.74 Å². The summed E-state index contributed by atoms with van der Waals surface area (Å²) in [6.07, 6.45) is 1.19. The highest BCUT2D eigenvalue weighted by molar-refractivity contribution is 5.38. The maximum absolute atomic E-state index is 9.77. The molecule has 5 nitrogen and oxygen atoms in total. The van der Waals surface area contributed by atoms with Crippen molar-refractivity contribution in [1.29, 1.82) is 0 Å². The Morgan fingerprint density at radius 1 is 1.40 bits per heavy atom. The third-order valence-corrected chi connectivity index (χ3v) is 2.95. The highest BCUT2D eigenvalue weighted by Crippen LogP contribution is 2.26. The van der Waals surface area contributed by atoms with E-state index in [9.17, 15) is 5.11 Å². The molecule has 1 heterocycles. The summed E-state index contributed by atoms with van der Waals surface area (Å²) >= 11 is 0. The third kappa shape index (κ3) is 3.57. The molecule has 0 amide bonds. The standard InChI is InChI=1S/C15H20N2O3/c1-4-5-14-16-15(20-17-14)9-19-13-7-6-10(2)8-12(13)11(3)18/h6-8,11,18H,4-5,9H2,1-3H3. The largest absolute Gasteiger partial charge is 0.483 e. The van der Waals surface area contributed by atoms with Gasteiger partial charge in [-0.15, -0.1) is 0 Å². The number of benzene rings is 1.